The van der Waals surface area contributed by atoms with Gasteiger partial charge in [-0.1, -0.05) is 0 Å². The molecule has 1 saturated heterocycles. The number of aromatic nitrogens is 3. The molecule has 9 heteroatoms. The average molecular weight is 359 g/mol. The van der Waals surface area contributed by atoms with Crippen molar-refractivity contribution >= 4 is 12.0 Å². The lowest BCUT2D eigenvalue weighted by Gasteiger charge is -2.38. The second-order valence-electron chi connectivity index (χ2n) is 7.05. The molecule has 0 unspecified atom stereocenters. The fraction of sp³-hybridized carbons (Fsp3) is 0.471. The van der Waals surface area contributed by atoms with Crippen LogP contribution < -0.4 is 5.32 Å². The predicted octanol–water partition coefficient (Wildman–Crippen LogP) is 1.73. The molecule has 3 heterocycles. The van der Waals surface area contributed by atoms with E-state index in [9.17, 15) is 9.59 Å². The maximum Gasteiger partial charge on any atom is 0.410 e. The van der Waals surface area contributed by atoms with Crippen molar-refractivity contribution in [1.29, 1.82) is 0 Å². The second kappa shape index (κ2) is 7.11. The molecule has 0 aliphatic carbocycles. The van der Waals surface area contributed by atoms with Gasteiger partial charge in [0.15, 0.2) is 5.69 Å². The Balaban J connectivity index is 1.49. The lowest BCUT2D eigenvalue weighted by atomic mass is 10.0. The minimum atomic E-state index is -0.528. The van der Waals surface area contributed by atoms with Crippen LogP contribution in [0.3, 0.4) is 0 Å². The van der Waals surface area contributed by atoms with Crippen molar-refractivity contribution in [3.05, 3.63) is 41.9 Å². The first kappa shape index (κ1) is 17.8. The number of hydrogen-bond acceptors (Lipinski definition) is 7. The number of rotatable bonds is 4. The van der Waals surface area contributed by atoms with E-state index in [2.05, 4.69) is 20.5 Å². The van der Waals surface area contributed by atoms with Gasteiger partial charge in [-0.25, -0.2) is 9.78 Å². The zero-order chi connectivity index (χ0) is 18.7. The van der Waals surface area contributed by atoms with Crippen molar-refractivity contribution in [3.8, 4) is 0 Å². The van der Waals surface area contributed by atoms with Crippen LogP contribution in [0.15, 0.2) is 29.0 Å². The lowest BCUT2D eigenvalue weighted by Crippen LogP contribution is -2.50. The number of oxazole rings is 1. The summed E-state index contributed by atoms with van der Waals surface area (Å²) in [6, 6.07) is 3.51. The van der Waals surface area contributed by atoms with Gasteiger partial charge < -0.3 is 19.4 Å². The van der Waals surface area contributed by atoms with Gasteiger partial charge in [-0.05, 0) is 32.9 Å². The highest BCUT2D eigenvalue weighted by Gasteiger charge is 2.37. The molecule has 3 rings (SSSR count). The first-order valence-corrected chi connectivity index (χ1v) is 8.30. The lowest BCUT2D eigenvalue weighted by molar-refractivity contribution is 0.00604. The van der Waals surface area contributed by atoms with Crippen molar-refractivity contribution < 1.29 is 18.7 Å². The van der Waals surface area contributed by atoms with Crippen LogP contribution in [-0.4, -0.2) is 50.8 Å². The monoisotopic (exact) mass is 359 g/mol. The Morgan fingerprint density at radius 3 is 2.81 bits per heavy atom. The molecule has 2 amide bonds. The molecule has 2 aromatic rings. The van der Waals surface area contributed by atoms with E-state index in [0.717, 1.165) is 0 Å². The van der Waals surface area contributed by atoms with E-state index < -0.39 is 5.60 Å². The van der Waals surface area contributed by atoms with Crippen LogP contribution >= 0.6 is 0 Å². The predicted molar refractivity (Wildman–Crippen MR) is 90.3 cm³/mol. The van der Waals surface area contributed by atoms with Crippen molar-refractivity contribution in [2.75, 3.05) is 13.1 Å². The third-order valence-electron chi connectivity index (χ3n) is 3.69. The normalized spacial score (nSPS) is 14.7. The quantitative estimate of drug-likeness (QED) is 0.885. The molecule has 0 bridgehead atoms. The Morgan fingerprint density at radius 1 is 1.38 bits per heavy atom. The maximum atomic E-state index is 12.1. The molecule has 0 atom stereocenters. The number of carbonyl (C=O) groups excluding carboxylic acids is 2. The number of nitrogens with zero attached hydrogens (tertiary/aromatic N) is 4. The molecule has 1 aliphatic heterocycles. The van der Waals surface area contributed by atoms with Gasteiger partial charge in [0.25, 0.3) is 5.91 Å². The number of ether oxygens (including phenoxy) is 1. The average Bonchev–Trinajstić information content (AvgIpc) is 3.00. The molecule has 1 fully saturated rings. The number of hydrogen-bond donors (Lipinski definition) is 1. The molecular weight excluding hydrogens is 338 g/mol. The maximum absolute atomic E-state index is 12.1. The van der Waals surface area contributed by atoms with Crippen LogP contribution in [0.4, 0.5) is 4.79 Å². The van der Waals surface area contributed by atoms with Crippen LogP contribution in [0.2, 0.25) is 0 Å². The van der Waals surface area contributed by atoms with Crippen LogP contribution in [0.5, 0.6) is 0 Å². The van der Waals surface area contributed by atoms with E-state index in [1.54, 1.807) is 23.2 Å². The summed E-state index contributed by atoms with van der Waals surface area (Å²) in [5.74, 6) is 0.0486. The van der Waals surface area contributed by atoms with Crippen LogP contribution in [0.25, 0.3) is 0 Å². The van der Waals surface area contributed by atoms with E-state index in [4.69, 9.17) is 9.15 Å². The van der Waals surface area contributed by atoms with Gasteiger partial charge in [-0.2, -0.15) is 10.2 Å². The Bertz CT molecular complexity index is 778. The molecule has 1 N–H and O–H groups in total. The summed E-state index contributed by atoms with van der Waals surface area (Å²) in [7, 11) is 0. The number of nitrogens with one attached hydrogen (secondary N) is 1. The van der Waals surface area contributed by atoms with Gasteiger partial charge in [0, 0.05) is 19.3 Å². The van der Waals surface area contributed by atoms with E-state index in [-0.39, 0.29) is 30.2 Å². The Labute approximate surface area is 150 Å². The van der Waals surface area contributed by atoms with Crippen LogP contribution in [0.1, 0.15) is 48.8 Å². The highest BCUT2D eigenvalue weighted by Crippen LogP contribution is 2.27. The molecule has 2 aromatic heterocycles. The zero-order valence-corrected chi connectivity index (χ0v) is 14.9. The van der Waals surface area contributed by atoms with Gasteiger partial charge in [-0.15, -0.1) is 0 Å². The Kier molecular flexibility index (Phi) is 4.88. The summed E-state index contributed by atoms with van der Waals surface area (Å²) in [6.07, 6.45) is 2.52. The summed E-state index contributed by atoms with van der Waals surface area (Å²) in [4.78, 5) is 29.8. The van der Waals surface area contributed by atoms with Crippen molar-refractivity contribution in [1.82, 2.24) is 25.4 Å². The van der Waals surface area contributed by atoms with Gasteiger partial charge in [-0.3, -0.25) is 4.79 Å². The molecule has 1 aliphatic rings. The van der Waals surface area contributed by atoms with E-state index in [1.807, 2.05) is 20.8 Å². The smallest absolute Gasteiger partial charge is 0.410 e. The van der Waals surface area contributed by atoms with Crippen LogP contribution in [0, 0.1) is 0 Å². The molecule has 0 saturated carbocycles. The van der Waals surface area contributed by atoms with E-state index >= 15 is 0 Å². The summed E-state index contributed by atoms with van der Waals surface area (Å²) in [5, 5.41) is 10.3. The van der Waals surface area contributed by atoms with Crippen molar-refractivity contribution in [2.45, 2.75) is 38.8 Å². The minimum absolute atomic E-state index is 0.0379. The van der Waals surface area contributed by atoms with E-state index in [0.29, 0.717) is 24.7 Å². The SMILES string of the molecule is CC(C)(C)OC(=O)N1CC(c2nc(C(=O)NCc3cccnn3)co2)C1. The molecule has 138 valence electrons. The number of carbonyl (C=O) groups is 2. The molecule has 0 spiro atoms. The largest absolute Gasteiger partial charge is 0.448 e. The zero-order valence-electron chi connectivity index (χ0n) is 14.9. The fourth-order valence-corrected chi connectivity index (χ4v) is 2.38. The molecular formula is C17H21N5O4. The minimum Gasteiger partial charge on any atom is -0.448 e. The van der Waals surface area contributed by atoms with Gasteiger partial charge in [0.1, 0.15) is 11.9 Å². The molecule has 26 heavy (non-hydrogen) atoms. The van der Waals surface area contributed by atoms with Gasteiger partial charge in [0.2, 0.25) is 5.89 Å². The standard InChI is InChI=1S/C17H21N5O4/c1-17(2,3)26-16(24)22-8-11(9-22)15-20-13(10-25-15)14(23)18-7-12-5-4-6-19-21-12/h4-6,10-11H,7-9H2,1-3H3,(H,18,23). The Hall–Kier alpha value is -2.97. The third-order valence-corrected chi connectivity index (χ3v) is 3.69. The topological polar surface area (TPSA) is 110 Å². The number of amides is 2. The van der Waals surface area contributed by atoms with Gasteiger partial charge in [0.05, 0.1) is 18.2 Å². The summed E-state index contributed by atoms with van der Waals surface area (Å²) < 4.78 is 10.7. The van der Waals surface area contributed by atoms with Crippen molar-refractivity contribution in [3.63, 3.8) is 0 Å². The summed E-state index contributed by atoms with van der Waals surface area (Å²) in [5.41, 5.74) is 0.315. The first-order chi connectivity index (χ1) is 12.3. The summed E-state index contributed by atoms with van der Waals surface area (Å²) >= 11 is 0. The first-order valence-electron chi connectivity index (χ1n) is 8.30. The molecule has 0 aromatic carbocycles. The highest BCUT2D eigenvalue weighted by atomic mass is 16.6. The third kappa shape index (κ3) is 4.35. The van der Waals surface area contributed by atoms with Crippen molar-refractivity contribution in [2.24, 2.45) is 0 Å². The molecule has 9 nitrogen and oxygen atoms in total. The highest BCUT2D eigenvalue weighted by molar-refractivity contribution is 5.91. The fourth-order valence-electron chi connectivity index (χ4n) is 2.38. The number of likely N-dealkylation sites (tertiary alicyclic amines) is 1. The van der Waals surface area contributed by atoms with E-state index in [1.165, 1.54) is 6.26 Å². The van der Waals surface area contributed by atoms with Crippen LogP contribution in [-0.2, 0) is 11.3 Å². The molecule has 0 radical (unpaired) electrons. The Morgan fingerprint density at radius 2 is 2.15 bits per heavy atom. The summed E-state index contributed by atoms with van der Waals surface area (Å²) in [6.45, 7) is 6.63. The van der Waals surface area contributed by atoms with Gasteiger partial charge >= 0.3 is 6.09 Å². The second-order valence-corrected chi connectivity index (χ2v) is 7.05.